The van der Waals surface area contributed by atoms with Crippen molar-refractivity contribution in [2.24, 2.45) is 0 Å². The maximum absolute atomic E-state index is 9.18. The van der Waals surface area contributed by atoms with Crippen LogP contribution >= 0.6 is 0 Å². The second-order valence-corrected chi connectivity index (χ2v) is 6.70. The van der Waals surface area contributed by atoms with Crippen LogP contribution in [0, 0.1) is 18.3 Å². The minimum Gasteiger partial charge on any atom is -0.357 e. The average Bonchev–Trinajstić information content (AvgIpc) is 2.67. The third-order valence-corrected chi connectivity index (χ3v) is 5.06. The molecule has 1 saturated heterocycles. The van der Waals surface area contributed by atoms with E-state index in [0.29, 0.717) is 11.7 Å². The normalized spacial score (nSPS) is 15.7. The smallest absolute Gasteiger partial charge is 0.145 e. The number of hydrogen-bond donors (Lipinski definition) is 0. The number of aryl methyl sites for hydroxylation is 1. The van der Waals surface area contributed by atoms with E-state index in [4.69, 9.17) is 0 Å². The predicted octanol–water partition coefficient (Wildman–Crippen LogP) is 2.80. The Balaban J connectivity index is 1.52. The first-order chi connectivity index (χ1) is 12.2. The van der Waals surface area contributed by atoms with Crippen LogP contribution in [0.2, 0.25) is 0 Å². The monoisotopic (exact) mass is 335 g/mol. The van der Waals surface area contributed by atoms with Gasteiger partial charge in [-0.05, 0) is 43.5 Å². The van der Waals surface area contributed by atoms with Crippen molar-refractivity contribution in [3.8, 4) is 6.07 Å². The second kappa shape index (κ2) is 8.09. The van der Waals surface area contributed by atoms with Crippen molar-refractivity contribution in [3.05, 3.63) is 53.5 Å². The third kappa shape index (κ3) is 4.34. The molecule has 5 nitrogen and oxygen atoms in total. The first-order valence-electron chi connectivity index (χ1n) is 8.90. The molecule has 1 aliphatic rings. The molecular formula is C20H25N5. The molecule has 0 aromatic carbocycles. The third-order valence-electron chi connectivity index (χ3n) is 5.06. The molecule has 130 valence electrons. The molecule has 1 aliphatic heterocycles. The van der Waals surface area contributed by atoms with Crippen molar-refractivity contribution in [2.45, 2.75) is 32.2 Å². The zero-order valence-corrected chi connectivity index (χ0v) is 15.0. The summed E-state index contributed by atoms with van der Waals surface area (Å²) in [6.07, 6.45) is 5.11. The van der Waals surface area contributed by atoms with E-state index in [1.165, 1.54) is 0 Å². The van der Waals surface area contributed by atoms with Crippen molar-refractivity contribution >= 4 is 5.82 Å². The van der Waals surface area contributed by atoms with Gasteiger partial charge in [0.25, 0.3) is 0 Å². The van der Waals surface area contributed by atoms with E-state index < -0.39 is 0 Å². The van der Waals surface area contributed by atoms with Crippen LogP contribution in [0.5, 0.6) is 0 Å². The number of hydrogen-bond acceptors (Lipinski definition) is 5. The molecule has 3 rings (SSSR count). The Hall–Kier alpha value is -2.45. The largest absolute Gasteiger partial charge is 0.357 e. The van der Waals surface area contributed by atoms with Crippen LogP contribution in [-0.2, 0) is 6.42 Å². The summed E-state index contributed by atoms with van der Waals surface area (Å²) in [6, 6.07) is 12.8. The van der Waals surface area contributed by atoms with Gasteiger partial charge in [0, 0.05) is 51.0 Å². The Bertz CT molecular complexity index is 729. The van der Waals surface area contributed by atoms with E-state index in [2.05, 4.69) is 39.0 Å². The SMILES string of the molecule is Cc1ccc(N(C)C2CCN(CCc3ccccn3)CC2)nc1C#N. The van der Waals surface area contributed by atoms with Gasteiger partial charge < -0.3 is 9.80 Å². The van der Waals surface area contributed by atoms with Crippen LogP contribution in [0.25, 0.3) is 0 Å². The van der Waals surface area contributed by atoms with E-state index in [0.717, 1.165) is 56.0 Å². The highest BCUT2D eigenvalue weighted by molar-refractivity contribution is 5.45. The van der Waals surface area contributed by atoms with Gasteiger partial charge in [-0.1, -0.05) is 12.1 Å². The number of nitriles is 1. The van der Waals surface area contributed by atoms with Gasteiger partial charge in [-0.3, -0.25) is 4.98 Å². The first kappa shape index (κ1) is 17.4. The molecule has 0 bridgehead atoms. The van der Waals surface area contributed by atoms with Crippen LogP contribution in [0.15, 0.2) is 36.5 Å². The number of aromatic nitrogens is 2. The highest BCUT2D eigenvalue weighted by Crippen LogP contribution is 2.22. The molecule has 0 N–H and O–H groups in total. The van der Waals surface area contributed by atoms with Crippen LogP contribution < -0.4 is 4.90 Å². The fourth-order valence-corrected chi connectivity index (χ4v) is 3.36. The maximum Gasteiger partial charge on any atom is 0.145 e. The molecular weight excluding hydrogens is 310 g/mol. The summed E-state index contributed by atoms with van der Waals surface area (Å²) in [5.41, 5.74) is 2.62. The van der Waals surface area contributed by atoms with Crippen LogP contribution in [0.3, 0.4) is 0 Å². The quantitative estimate of drug-likeness (QED) is 0.841. The van der Waals surface area contributed by atoms with E-state index in [9.17, 15) is 5.26 Å². The predicted molar refractivity (Wildman–Crippen MR) is 99.5 cm³/mol. The molecule has 0 radical (unpaired) electrons. The lowest BCUT2D eigenvalue weighted by molar-refractivity contribution is 0.212. The summed E-state index contributed by atoms with van der Waals surface area (Å²) in [6.45, 7) is 5.18. The minimum absolute atomic E-state index is 0.479. The number of anilines is 1. The molecule has 0 spiro atoms. The zero-order chi connectivity index (χ0) is 17.6. The van der Waals surface area contributed by atoms with Gasteiger partial charge in [0.15, 0.2) is 0 Å². The summed E-state index contributed by atoms with van der Waals surface area (Å²) in [4.78, 5) is 13.7. The maximum atomic E-state index is 9.18. The van der Waals surface area contributed by atoms with Gasteiger partial charge in [0.05, 0.1) is 0 Å². The number of nitrogens with zero attached hydrogens (tertiary/aromatic N) is 5. The molecule has 0 saturated carbocycles. The van der Waals surface area contributed by atoms with E-state index in [1.807, 2.05) is 37.4 Å². The Labute approximate surface area is 149 Å². The van der Waals surface area contributed by atoms with Crippen LogP contribution in [0.1, 0.15) is 29.8 Å². The minimum atomic E-state index is 0.479. The van der Waals surface area contributed by atoms with E-state index in [1.54, 1.807) is 0 Å². The molecule has 0 aliphatic carbocycles. The number of pyridine rings is 2. The Morgan fingerprint density at radius 2 is 2.04 bits per heavy atom. The number of likely N-dealkylation sites (tertiary alicyclic amines) is 1. The Morgan fingerprint density at radius 1 is 1.24 bits per heavy atom. The molecule has 0 atom stereocenters. The highest BCUT2D eigenvalue weighted by atomic mass is 15.2. The molecule has 1 fully saturated rings. The summed E-state index contributed by atoms with van der Waals surface area (Å²) in [5.74, 6) is 0.897. The Morgan fingerprint density at radius 3 is 2.72 bits per heavy atom. The molecule has 2 aromatic heterocycles. The second-order valence-electron chi connectivity index (χ2n) is 6.70. The van der Waals surface area contributed by atoms with Gasteiger partial charge in [0.1, 0.15) is 17.6 Å². The lowest BCUT2D eigenvalue weighted by atomic mass is 10.0. The van der Waals surface area contributed by atoms with Gasteiger partial charge >= 0.3 is 0 Å². The lowest BCUT2D eigenvalue weighted by Gasteiger charge is -2.37. The Kier molecular flexibility index (Phi) is 5.62. The summed E-state index contributed by atoms with van der Waals surface area (Å²) in [5, 5.41) is 9.18. The van der Waals surface area contributed by atoms with Crippen LogP contribution in [0.4, 0.5) is 5.82 Å². The van der Waals surface area contributed by atoms with Crippen LogP contribution in [-0.4, -0.2) is 47.6 Å². The number of rotatable bonds is 5. The molecule has 5 heteroatoms. The van der Waals surface area contributed by atoms with Gasteiger partial charge in [-0.2, -0.15) is 5.26 Å². The first-order valence-corrected chi connectivity index (χ1v) is 8.90. The van der Waals surface area contributed by atoms with Gasteiger partial charge in [-0.15, -0.1) is 0 Å². The molecule has 25 heavy (non-hydrogen) atoms. The van der Waals surface area contributed by atoms with Gasteiger partial charge in [-0.25, -0.2) is 4.98 Å². The van der Waals surface area contributed by atoms with Crippen molar-refractivity contribution in [1.29, 1.82) is 5.26 Å². The topological polar surface area (TPSA) is 56.1 Å². The summed E-state index contributed by atoms with van der Waals surface area (Å²) in [7, 11) is 2.09. The summed E-state index contributed by atoms with van der Waals surface area (Å²) >= 11 is 0. The van der Waals surface area contributed by atoms with E-state index in [-0.39, 0.29) is 0 Å². The van der Waals surface area contributed by atoms with Gasteiger partial charge in [0.2, 0.25) is 0 Å². The fraction of sp³-hybridized carbons (Fsp3) is 0.450. The average molecular weight is 335 g/mol. The summed E-state index contributed by atoms with van der Waals surface area (Å²) < 4.78 is 0. The van der Waals surface area contributed by atoms with E-state index >= 15 is 0 Å². The standard InChI is InChI=1S/C20H25N5/c1-16-6-7-20(23-19(16)15-21)24(2)18-9-13-25(14-10-18)12-8-17-5-3-4-11-22-17/h3-7,11,18H,8-10,12-14H2,1-2H3. The zero-order valence-electron chi connectivity index (χ0n) is 15.0. The fourth-order valence-electron chi connectivity index (χ4n) is 3.36. The van der Waals surface area contributed by atoms with Crippen molar-refractivity contribution < 1.29 is 0 Å². The molecule has 2 aromatic rings. The van der Waals surface area contributed by atoms with Crippen molar-refractivity contribution in [1.82, 2.24) is 14.9 Å². The van der Waals surface area contributed by atoms with Crippen molar-refractivity contribution in [2.75, 3.05) is 31.6 Å². The number of piperidine rings is 1. The molecule has 0 unspecified atom stereocenters. The molecule has 0 amide bonds. The lowest BCUT2D eigenvalue weighted by Crippen LogP contribution is -2.44. The van der Waals surface area contributed by atoms with Crippen molar-refractivity contribution in [3.63, 3.8) is 0 Å². The molecule has 3 heterocycles. The highest BCUT2D eigenvalue weighted by Gasteiger charge is 2.23.